The number of piperidine rings is 1. The zero-order chi connectivity index (χ0) is 26.3. The number of aryl methyl sites for hydroxylation is 1. The van der Waals surface area contributed by atoms with Gasteiger partial charge in [-0.3, -0.25) is 9.69 Å². The highest BCUT2D eigenvalue weighted by molar-refractivity contribution is 5.92. The van der Waals surface area contributed by atoms with E-state index < -0.39 is 5.97 Å². The molecule has 1 saturated heterocycles. The Kier molecular flexibility index (Phi) is 8.04. The molecule has 194 valence electrons. The van der Waals surface area contributed by atoms with Gasteiger partial charge in [0, 0.05) is 13.0 Å². The summed E-state index contributed by atoms with van der Waals surface area (Å²) < 4.78 is 10.3. The Hall–Kier alpha value is -4.10. The number of nitrogens with zero attached hydrogens (tertiary/aromatic N) is 3. The third-order valence-corrected chi connectivity index (χ3v) is 6.88. The van der Waals surface area contributed by atoms with E-state index in [-0.39, 0.29) is 23.8 Å². The molecule has 0 aliphatic carbocycles. The molecule has 38 heavy (non-hydrogen) atoms. The predicted octanol–water partition coefficient (Wildman–Crippen LogP) is 5.99. The number of oxazole rings is 1. The molecule has 7 nitrogen and oxygen atoms in total. The number of pyridine rings is 1. The minimum Gasteiger partial charge on any atom is -0.464 e. The third-order valence-electron chi connectivity index (χ3n) is 6.88. The number of esters is 1. The summed E-state index contributed by atoms with van der Waals surface area (Å²) in [6.45, 7) is 3.42. The lowest BCUT2D eigenvalue weighted by atomic mass is 10.00. The maximum Gasteiger partial charge on any atom is 0.356 e. The average molecular weight is 510 g/mol. The Morgan fingerprint density at radius 1 is 0.895 bits per heavy atom. The number of hydrogen-bond acceptors (Lipinski definition) is 7. The van der Waals surface area contributed by atoms with Crippen LogP contribution in [0, 0.1) is 0 Å². The number of methoxy groups -OCH3 is 1. The van der Waals surface area contributed by atoms with E-state index in [9.17, 15) is 9.59 Å². The van der Waals surface area contributed by atoms with Crippen molar-refractivity contribution in [1.29, 1.82) is 0 Å². The number of Topliss-reactive ketones (excluding diaryl/α,β-unsaturated/α-hetero) is 1. The number of benzene rings is 2. The largest absolute Gasteiger partial charge is 0.464 e. The van der Waals surface area contributed by atoms with Gasteiger partial charge < -0.3 is 9.15 Å². The summed E-state index contributed by atoms with van der Waals surface area (Å²) in [6.07, 6.45) is 6.27. The highest BCUT2D eigenvalue weighted by Crippen LogP contribution is 2.23. The molecule has 2 aromatic carbocycles. The molecule has 0 bridgehead atoms. The van der Waals surface area contributed by atoms with Gasteiger partial charge in [-0.1, -0.05) is 61.0 Å². The van der Waals surface area contributed by atoms with Crippen LogP contribution in [0.1, 0.15) is 58.0 Å². The number of carbonyl (C=O) groups is 2. The molecule has 1 aliphatic rings. The van der Waals surface area contributed by atoms with Crippen LogP contribution in [-0.2, 0) is 17.7 Å². The molecular formula is C31H31N3O4. The highest BCUT2D eigenvalue weighted by atomic mass is 16.5. The van der Waals surface area contributed by atoms with E-state index in [1.807, 2.05) is 0 Å². The normalized spacial score (nSPS) is 13.8. The monoisotopic (exact) mass is 509 g/mol. The van der Waals surface area contributed by atoms with Crippen molar-refractivity contribution in [3.8, 4) is 22.6 Å². The lowest BCUT2D eigenvalue weighted by Crippen LogP contribution is -2.28. The number of rotatable bonds is 9. The van der Waals surface area contributed by atoms with Gasteiger partial charge in [-0.25, -0.2) is 14.8 Å². The third kappa shape index (κ3) is 6.23. The Labute approximate surface area is 222 Å². The fourth-order valence-electron chi connectivity index (χ4n) is 4.72. The average Bonchev–Trinajstić information content (AvgIpc) is 3.48. The highest BCUT2D eigenvalue weighted by Gasteiger charge is 2.17. The summed E-state index contributed by atoms with van der Waals surface area (Å²) in [7, 11) is 1.30. The summed E-state index contributed by atoms with van der Waals surface area (Å²) in [5.41, 5.74) is 5.34. The molecule has 1 aliphatic heterocycles. The molecular weight excluding hydrogens is 478 g/mol. The van der Waals surface area contributed by atoms with Crippen molar-refractivity contribution in [2.45, 2.75) is 38.6 Å². The van der Waals surface area contributed by atoms with Gasteiger partial charge in [0.25, 0.3) is 5.89 Å². The first-order chi connectivity index (χ1) is 18.6. The van der Waals surface area contributed by atoms with Crippen molar-refractivity contribution in [2.24, 2.45) is 0 Å². The Morgan fingerprint density at radius 2 is 1.58 bits per heavy atom. The van der Waals surface area contributed by atoms with Gasteiger partial charge in [-0.15, -0.1) is 0 Å². The SMILES string of the molecule is COC(=O)c1cccc(-c2cnc(C(=O)CCc3ccc(-c4ccc(CN5CCCCC5)cc4)cc3)o2)n1. The zero-order valence-electron chi connectivity index (χ0n) is 21.6. The predicted molar refractivity (Wildman–Crippen MR) is 145 cm³/mol. The van der Waals surface area contributed by atoms with E-state index in [1.54, 1.807) is 18.2 Å². The number of likely N-dealkylation sites (tertiary alicyclic amines) is 1. The number of hydrogen-bond donors (Lipinski definition) is 0. The zero-order valence-corrected chi connectivity index (χ0v) is 21.6. The maximum atomic E-state index is 12.7. The number of ketones is 1. The van der Waals surface area contributed by atoms with Crippen LogP contribution in [0.3, 0.4) is 0 Å². The fraction of sp³-hybridized carbons (Fsp3) is 0.290. The van der Waals surface area contributed by atoms with Gasteiger partial charge in [-0.2, -0.15) is 0 Å². The first kappa shape index (κ1) is 25.5. The Morgan fingerprint density at radius 3 is 2.26 bits per heavy atom. The van der Waals surface area contributed by atoms with Crippen LogP contribution in [0.15, 0.2) is 77.3 Å². The molecule has 0 unspecified atom stereocenters. The van der Waals surface area contributed by atoms with E-state index in [2.05, 4.69) is 63.4 Å². The van der Waals surface area contributed by atoms with Gasteiger partial charge >= 0.3 is 5.97 Å². The first-order valence-electron chi connectivity index (χ1n) is 13.0. The summed E-state index contributed by atoms with van der Waals surface area (Å²) in [4.78, 5) is 35.3. The molecule has 5 rings (SSSR count). The van der Waals surface area contributed by atoms with Crippen molar-refractivity contribution in [3.63, 3.8) is 0 Å². The summed E-state index contributed by atoms with van der Waals surface area (Å²) >= 11 is 0. The van der Waals surface area contributed by atoms with Crippen LogP contribution in [0.2, 0.25) is 0 Å². The molecule has 7 heteroatoms. The van der Waals surface area contributed by atoms with Crippen molar-refractivity contribution in [2.75, 3.05) is 20.2 Å². The first-order valence-corrected chi connectivity index (χ1v) is 13.0. The smallest absolute Gasteiger partial charge is 0.356 e. The van der Waals surface area contributed by atoms with Gasteiger partial charge in [-0.05, 0) is 66.7 Å². The molecule has 3 heterocycles. The molecule has 4 aromatic rings. The summed E-state index contributed by atoms with van der Waals surface area (Å²) in [5.74, 6) is -0.371. The summed E-state index contributed by atoms with van der Waals surface area (Å²) in [6, 6.07) is 22.1. The van der Waals surface area contributed by atoms with Crippen LogP contribution < -0.4 is 0 Å². The van der Waals surface area contributed by atoms with Gasteiger partial charge in [0.05, 0.1) is 13.3 Å². The molecule has 2 aromatic heterocycles. The lowest BCUT2D eigenvalue weighted by molar-refractivity contribution is 0.0594. The van der Waals surface area contributed by atoms with Crippen LogP contribution in [0.25, 0.3) is 22.6 Å². The van der Waals surface area contributed by atoms with E-state index in [0.29, 0.717) is 17.9 Å². The van der Waals surface area contributed by atoms with Gasteiger partial charge in [0.15, 0.2) is 5.76 Å². The molecule has 0 amide bonds. The van der Waals surface area contributed by atoms with Crippen LogP contribution in [-0.4, -0.2) is 46.8 Å². The van der Waals surface area contributed by atoms with E-state index >= 15 is 0 Å². The quantitative estimate of drug-likeness (QED) is 0.202. The molecule has 1 fully saturated rings. The lowest BCUT2D eigenvalue weighted by Gasteiger charge is -2.26. The summed E-state index contributed by atoms with van der Waals surface area (Å²) in [5, 5.41) is 0. The van der Waals surface area contributed by atoms with Crippen molar-refractivity contribution >= 4 is 11.8 Å². The molecule has 0 spiro atoms. The van der Waals surface area contributed by atoms with Crippen LogP contribution >= 0.6 is 0 Å². The Balaban J connectivity index is 1.16. The van der Waals surface area contributed by atoms with Gasteiger partial charge in [0.2, 0.25) is 5.78 Å². The van der Waals surface area contributed by atoms with Crippen LogP contribution in [0.5, 0.6) is 0 Å². The second-order valence-electron chi connectivity index (χ2n) is 9.58. The van der Waals surface area contributed by atoms with Gasteiger partial charge in [0.1, 0.15) is 11.4 Å². The topological polar surface area (TPSA) is 85.5 Å². The van der Waals surface area contributed by atoms with Crippen molar-refractivity contribution < 1.29 is 18.7 Å². The number of ether oxygens (including phenoxy) is 1. The maximum absolute atomic E-state index is 12.7. The van der Waals surface area contributed by atoms with Crippen LogP contribution in [0.4, 0.5) is 0 Å². The van der Waals surface area contributed by atoms with E-state index in [4.69, 9.17) is 9.15 Å². The Bertz CT molecular complexity index is 1390. The van der Waals surface area contributed by atoms with Crippen molar-refractivity contribution in [1.82, 2.24) is 14.9 Å². The van der Waals surface area contributed by atoms with Crippen molar-refractivity contribution in [3.05, 3.63) is 95.6 Å². The minimum atomic E-state index is -0.543. The minimum absolute atomic E-state index is 0.0338. The van der Waals surface area contributed by atoms with E-state index in [0.717, 1.165) is 17.7 Å². The second-order valence-corrected chi connectivity index (χ2v) is 9.58. The number of carbonyl (C=O) groups excluding carboxylic acids is 2. The number of aromatic nitrogens is 2. The molecule has 0 atom stereocenters. The standard InChI is InChI=1S/C31H31N3O4/c1-37-31(36)27-7-5-6-26(33-27)29-20-32-30(38-29)28(35)17-12-22-8-13-24(14-9-22)25-15-10-23(11-16-25)21-34-18-3-2-4-19-34/h5-11,13-16,20H,2-4,12,17-19,21H2,1H3. The second kappa shape index (κ2) is 12.0. The van der Waals surface area contributed by atoms with E-state index in [1.165, 1.54) is 56.8 Å². The molecule has 0 N–H and O–H groups in total. The fourth-order valence-corrected chi connectivity index (χ4v) is 4.72. The molecule has 0 radical (unpaired) electrons. The molecule has 0 saturated carbocycles.